The molecule has 0 aliphatic carbocycles. The van der Waals surface area contributed by atoms with Crippen LogP contribution in [0.3, 0.4) is 0 Å². The lowest BCUT2D eigenvalue weighted by molar-refractivity contribution is -0.0281. The fourth-order valence-electron chi connectivity index (χ4n) is 2.64. The van der Waals surface area contributed by atoms with Crippen molar-refractivity contribution in [3.05, 3.63) is 12.4 Å². The number of anilines is 1. The standard InChI is InChI=1S/C15H23N5O/c1-14(2,3)20-12-11(9-17-20)8-16-13(18-12)19-6-7-21-15(4,5)10-19/h8-9H,6-7,10H2,1-5H3. The number of fused-ring (bicyclic) bond motifs is 1. The van der Waals surface area contributed by atoms with E-state index >= 15 is 0 Å². The van der Waals surface area contributed by atoms with E-state index < -0.39 is 0 Å². The highest BCUT2D eigenvalue weighted by Gasteiger charge is 2.29. The number of morpholine rings is 1. The van der Waals surface area contributed by atoms with Crippen LogP contribution in [0.25, 0.3) is 11.0 Å². The molecule has 6 heteroatoms. The van der Waals surface area contributed by atoms with Crippen molar-refractivity contribution in [1.82, 2.24) is 19.7 Å². The molecular weight excluding hydrogens is 266 g/mol. The summed E-state index contributed by atoms with van der Waals surface area (Å²) in [5.41, 5.74) is 0.621. The van der Waals surface area contributed by atoms with Crippen molar-refractivity contribution in [2.24, 2.45) is 0 Å². The molecule has 1 fully saturated rings. The zero-order chi connectivity index (χ0) is 15.3. The van der Waals surface area contributed by atoms with Crippen molar-refractivity contribution in [3.8, 4) is 0 Å². The van der Waals surface area contributed by atoms with Crippen molar-refractivity contribution in [2.45, 2.75) is 45.8 Å². The maximum atomic E-state index is 5.75. The fraction of sp³-hybridized carbons (Fsp3) is 0.667. The summed E-state index contributed by atoms with van der Waals surface area (Å²) in [6, 6.07) is 0. The Morgan fingerprint density at radius 2 is 2.00 bits per heavy atom. The summed E-state index contributed by atoms with van der Waals surface area (Å²) in [6.45, 7) is 12.9. The van der Waals surface area contributed by atoms with Gasteiger partial charge in [0.15, 0.2) is 5.65 Å². The maximum absolute atomic E-state index is 5.75. The first-order chi connectivity index (χ1) is 9.76. The molecule has 0 atom stereocenters. The first-order valence-electron chi connectivity index (χ1n) is 7.36. The van der Waals surface area contributed by atoms with Gasteiger partial charge in [0, 0.05) is 19.3 Å². The lowest BCUT2D eigenvalue weighted by Crippen LogP contribution is -2.49. The summed E-state index contributed by atoms with van der Waals surface area (Å²) >= 11 is 0. The molecule has 0 amide bonds. The monoisotopic (exact) mass is 289 g/mol. The number of hydrogen-bond acceptors (Lipinski definition) is 5. The molecule has 6 nitrogen and oxygen atoms in total. The van der Waals surface area contributed by atoms with E-state index in [4.69, 9.17) is 9.72 Å². The topological polar surface area (TPSA) is 56.1 Å². The van der Waals surface area contributed by atoms with Gasteiger partial charge >= 0.3 is 0 Å². The molecular formula is C15H23N5O. The van der Waals surface area contributed by atoms with Gasteiger partial charge in [-0.3, -0.25) is 0 Å². The Hall–Kier alpha value is -1.69. The summed E-state index contributed by atoms with van der Waals surface area (Å²) in [4.78, 5) is 11.4. The van der Waals surface area contributed by atoms with Crippen molar-refractivity contribution in [1.29, 1.82) is 0 Å². The summed E-state index contributed by atoms with van der Waals surface area (Å²) in [5.74, 6) is 0.755. The van der Waals surface area contributed by atoms with Gasteiger partial charge in [0.05, 0.1) is 29.3 Å². The lowest BCUT2D eigenvalue weighted by Gasteiger charge is -2.38. The second kappa shape index (κ2) is 4.66. The highest BCUT2D eigenvalue weighted by atomic mass is 16.5. The Kier molecular flexibility index (Phi) is 3.16. The van der Waals surface area contributed by atoms with Crippen LogP contribution in [-0.2, 0) is 10.3 Å². The molecule has 0 N–H and O–H groups in total. The van der Waals surface area contributed by atoms with Crippen LogP contribution in [0.4, 0.5) is 5.95 Å². The van der Waals surface area contributed by atoms with Crippen LogP contribution in [-0.4, -0.2) is 45.0 Å². The predicted octanol–water partition coefficient (Wildman–Crippen LogP) is 2.20. The van der Waals surface area contributed by atoms with Gasteiger partial charge in [-0.15, -0.1) is 0 Å². The second-order valence-electron chi connectivity index (χ2n) is 7.21. The SMILES string of the molecule is CC1(C)CN(c2ncc3cnn(C(C)(C)C)c3n2)CCO1. The molecule has 3 rings (SSSR count). The first kappa shape index (κ1) is 14.3. The summed E-state index contributed by atoms with van der Waals surface area (Å²) in [7, 11) is 0. The van der Waals surface area contributed by atoms with Crippen molar-refractivity contribution in [3.63, 3.8) is 0 Å². The molecule has 3 heterocycles. The average Bonchev–Trinajstić information content (AvgIpc) is 2.80. The molecule has 114 valence electrons. The molecule has 0 aromatic carbocycles. The second-order valence-corrected chi connectivity index (χ2v) is 7.21. The molecule has 0 radical (unpaired) electrons. The Morgan fingerprint density at radius 3 is 2.67 bits per heavy atom. The molecule has 2 aromatic rings. The average molecular weight is 289 g/mol. The van der Waals surface area contributed by atoms with Crippen LogP contribution >= 0.6 is 0 Å². The Balaban J connectivity index is 2.00. The Bertz CT molecular complexity index is 656. The number of nitrogens with zero attached hydrogens (tertiary/aromatic N) is 5. The fourth-order valence-corrected chi connectivity index (χ4v) is 2.64. The highest BCUT2D eigenvalue weighted by molar-refractivity contribution is 5.74. The third kappa shape index (κ3) is 2.72. The summed E-state index contributed by atoms with van der Waals surface area (Å²) < 4.78 is 7.71. The molecule has 0 saturated carbocycles. The van der Waals surface area contributed by atoms with E-state index in [-0.39, 0.29) is 11.1 Å². The van der Waals surface area contributed by atoms with Crippen molar-refractivity contribution < 1.29 is 4.74 Å². The maximum Gasteiger partial charge on any atom is 0.227 e. The van der Waals surface area contributed by atoms with Gasteiger partial charge in [-0.1, -0.05) is 0 Å². The number of rotatable bonds is 1. The minimum absolute atomic E-state index is 0.0996. The third-order valence-electron chi connectivity index (χ3n) is 3.64. The normalized spacial score (nSPS) is 19.2. The third-order valence-corrected chi connectivity index (χ3v) is 3.64. The Labute approximate surface area is 125 Å². The van der Waals surface area contributed by atoms with E-state index in [2.05, 4.69) is 49.6 Å². The smallest absolute Gasteiger partial charge is 0.227 e. The van der Waals surface area contributed by atoms with Crippen molar-refractivity contribution >= 4 is 17.0 Å². The van der Waals surface area contributed by atoms with Crippen LogP contribution in [0.2, 0.25) is 0 Å². The van der Waals surface area contributed by atoms with Crippen LogP contribution in [0.1, 0.15) is 34.6 Å². The van der Waals surface area contributed by atoms with Crippen molar-refractivity contribution in [2.75, 3.05) is 24.6 Å². The molecule has 0 bridgehead atoms. The lowest BCUT2D eigenvalue weighted by atomic mass is 10.1. The molecule has 0 unspecified atom stereocenters. The van der Waals surface area contributed by atoms with Gasteiger partial charge in [0.2, 0.25) is 5.95 Å². The first-order valence-corrected chi connectivity index (χ1v) is 7.36. The summed E-state index contributed by atoms with van der Waals surface area (Å²) in [5, 5.41) is 5.43. The number of hydrogen-bond donors (Lipinski definition) is 0. The van der Waals surface area contributed by atoms with Gasteiger partial charge in [0.1, 0.15) is 0 Å². The highest BCUT2D eigenvalue weighted by Crippen LogP contribution is 2.24. The quantitative estimate of drug-likeness (QED) is 0.805. The van der Waals surface area contributed by atoms with Gasteiger partial charge in [-0.05, 0) is 34.6 Å². The Morgan fingerprint density at radius 1 is 1.24 bits per heavy atom. The summed E-state index contributed by atoms with van der Waals surface area (Å²) in [6.07, 6.45) is 3.68. The van der Waals surface area contributed by atoms with E-state index in [0.29, 0.717) is 6.61 Å². The molecule has 1 saturated heterocycles. The number of ether oxygens (including phenoxy) is 1. The molecule has 0 spiro atoms. The van der Waals surface area contributed by atoms with Gasteiger partial charge in [-0.2, -0.15) is 10.1 Å². The number of aromatic nitrogens is 4. The van der Waals surface area contributed by atoms with Gasteiger partial charge in [0.25, 0.3) is 0 Å². The van der Waals surface area contributed by atoms with E-state index in [0.717, 1.165) is 30.1 Å². The van der Waals surface area contributed by atoms with Crippen LogP contribution in [0.5, 0.6) is 0 Å². The molecule has 2 aromatic heterocycles. The zero-order valence-corrected chi connectivity index (χ0v) is 13.4. The van der Waals surface area contributed by atoms with E-state index in [1.54, 1.807) is 0 Å². The van der Waals surface area contributed by atoms with Crippen LogP contribution in [0.15, 0.2) is 12.4 Å². The molecule has 1 aliphatic heterocycles. The van der Waals surface area contributed by atoms with Gasteiger partial charge in [-0.25, -0.2) is 9.67 Å². The molecule has 1 aliphatic rings. The van der Waals surface area contributed by atoms with Crippen LogP contribution < -0.4 is 4.90 Å². The van der Waals surface area contributed by atoms with E-state index in [1.165, 1.54) is 0 Å². The predicted molar refractivity (Wildman–Crippen MR) is 82.6 cm³/mol. The largest absolute Gasteiger partial charge is 0.372 e. The van der Waals surface area contributed by atoms with Gasteiger partial charge < -0.3 is 9.64 Å². The molecule has 21 heavy (non-hydrogen) atoms. The van der Waals surface area contributed by atoms with E-state index in [1.807, 2.05) is 17.1 Å². The van der Waals surface area contributed by atoms with Crippen LogP contribution in [0, 0.1) is 0 Å². The minimum Gasteiger partial charge on any atom is -0.372 e. The minimum atomic E-state index is -0.166. The van der Waals surface area contributed by atoms with E-state index in [9.17, 15) is 0 Å². The zero-order valence-electron chi connectivity index (χ0n) is 13.4.